The van der Waals surface area contributed by atoms with Gasteiger partial charge in [0.2, 0.25) is 11.8 Å². The Morgan fingerprint density at radius 2 is 1.63 bits per heavy atom. The summed E-state index contributed by atoms with van der Waals surface area (Å²) < 4.78 is 47.9. The van der Waals surface area contributed by atoms with E-state index in [2.05, 4.69) is 10.6 Å². The molecule has 51 heavy (non-hydrogen) atoms. The highest BCUT2D eigenvalue weighted by Crippen LogP contribution is 2.42. The Balaban J connectivity index is 1.30. The van der Waals surface area contributed by atoms with Crippen LogP contribution in [0.5, 0.6) is 23.0 Å². The van der Waals surface area contributed by atoms with Crippen LogP contribution in [0.1, 0.15) is 55.2 Å². The molecule has 0 unspecified atom stereocenters. The maximum Gasteiger partial charge on any atom is 0.258 e. The third kappa shape index (κ3) is 8.08. The van der Waals surface area contributed by atoms with E-state index in [1.165, 1.54) is 13.4 Å². The fraction of sp³-hybridized carbons (Fsp3) is 0.447. The number of likely N-dealkylation sites (tertiary alicyclic amines) is 1. The highest BCUT2D eigenvalue weighted by Gasteiger charge is 2.48. The average Bonchev–Trinajstić information content (AvgIpc) is 3.53. The molecule has 2 fully saturated rings. The van der Waals surface area contributed by atoms with Gasteiger partial charge in [-0.05, 0) is 66.8 Å². The maximum absolute atomic E-state index is 14.7. The van der Waals surface area contributed by atoms with Crippen molar-refractivity contribution >= 4 is 27.6 Å². The molecule has 2 atom stereocenters. The Morgan fingerprint density at radius 1 is 0.882 bits per heavy atom. The van der Waals surface area contributed by atoms with Crippen LogP contribution < -0.4 is 29.6 Å². The third-order valence-corrected chi connectivity index (χ3v) is 11.2. The van der Waals surface area contributed by atoms with E-state index in [9.17, 15) is 22.8 Å². The van der Waals surface area contributed by atoms with E-state index < -0.39 is 33.3 Å². The van der Waals surface area contributed by atoms with Crippen LogP contribution in [0.15, 0.2) is 65.6 Å². The van der Waals surface area contributed by atoms with Gasteiger partial charge in [-0.15, -0.1) is 0 Å². The van der Waals surface area contributed by atoms with Crippen LogP contribution in [0.4, 0.5) is 0 Å². The second-order valence-electron chi connectivity index (χ2n) is 13.5. The van der Waals surface area contributed by atoms with Gasteiger partial charge in [0.15, 0.2) is 27.9 Å². The number of nitrogens with one attached hydrogen (secondary N) is 2. The molecule has 9 rings (SSSR count). The first-order valence-electron chi connectivity index (χ1n) is 17.3. The van der Waals surface area contributed by atoms with Gasteiger partial charge in [0.1, 0.15) is 17.6 Å². The van der Waals surface area contributed by atoms with Crippen LogP contribution in [-0.2, 0) is 42.6 Å². The number of aryl methyl sites for hydroxylation is 1. The van der Waals surface area contributed by atoms with Gasteiger partial charge in [0.25, 0.3) is 5.91 Å². The maximum atomic E-state index is 14.7. The summed E-state index contributed by atoms with van der Waals surface area (Å²) in [6.45, 7) is 0.380. The number of methoxy groups -OCH3 is 2. The summed E-state index contributed by atoms with van der Waals surface area (Å²) >= 11 is 0. The zero-order valence-corrected chi connectivity index (χ0v) is 30.1. The largest absolute Gasteiger partial charge is 0.496 e. The van der Waals surface area contributed by atoms with Gasteiger partial charge in [-0.2, -0.15) is 0 Å². The quantitative estimate of drug-likeness (QED) is 0.403. The molecule has 12 nitrogen and oxygen atoms in total. The van der Waals surface area contributed by atoms with E-state index in [4.69, 9.17) is 18.9 Å². The number of benzene rings is 3. The molecular weight excluding hydrogens is 674 g/mol. The minimum atomic E-state index is -3.40. The van der Waals surface area contributed by atoms with Gasteiger partial charge >= 0.3 is 0 Å². The van der Waals surface area contributed by atoms with E-state index in [1.54, 1.807) is 60.5 Å². The lowest BCUT2D eigenvalue weighted by atomic mass is 9.68. The first kappa shape index (κ1) is 36.0. The molecule has 0 aromatic heterocycles. The van der Waals surface area contributed by atoms with Gasteiger partial charge in [-0.25, -0.2) is 8.42 Å². The first-order chi connectivity index (χ1) is 24.5. The molecule has 6 aliphatic rings. The Bertz CT molecular complexity index is 1870. The number of sulfone groups is 1. The first-order valence-corrected chi connectivity index (χ1v) is 19.2. The lowest BCUT2D eigenvalue weighted by molar-refractivity contribution is -0.138. The number of ether oxygens (including phenoxy) is 4. The predicted octanol–water partition coefficient (Wildman–Crippen LogP) is 3.73. The van der Waals surface area contributed by atoms with E-state index in [0.29, 0.717) is 42.3 Å². The number of nitrogens with zero attached hydrogens (tertiary/aromatic N) is 1. The fourth-order valence-electron chi connectivity index (χ4n) is 7.34. The summed E-state index contributed by atoms with van der Waals surface area (Å²) in [5.74, 6) is 1.26. The molecule has 1 aliphatic carbocycles. The minimum Gasteiger partial charge on any atom is -0.496 e. The molecule has 3 amide bonds. The smallest absolute Gasteiger partial charge is 0.258 e. The van der Waals surface area contributed by atoms with Gasteiger partial charge in [-0.3, -0.25) is 14.4 Å². The molecule has 1 saturated carbocycles. The van der Waals surface area contributed by atoms with Crippen LogP contribution in [0.2, 0.25) is 0 Å². The highest BCUT2D eigenvalue weighted by molar-refractivity contribution is 7.90. The highest BCUT2D eigenvalue weighted by atomic mass is 32.2. The van der Waals surface area contributed by atoms with Crippen molar-refractivity contribution < 1.29 is 41.7 Å². The van der Waals surface area contributed by atoms with E-state index in [-0.39, 0.29) is 49.4 Å². The van der Waals surface area contributed by atoms with Crippen LogP contribution >= 0.6 is 0 Å². The summed E-state index contributed by atoms with van der Waals surface area (Å²) in [4.78, 5) is 42.7. The van der Waals surface area contributed by atoms with Crippen molar-refractivity contribution in [1.29, 1.82) is 0 Å². The van der Waals surface area contributed by atoms with Crippen molar-refractivity contribution in [3.05, 3.63) is 77.4 Å². The molecule has 13 heteroatoms. The van der Waals surface area contributed by atoms with Crippen molar-refractivity contribution in [3.63, 3.8) is 0 Å². The van der Waals surface area contributed by atoms with Crippen molar-refractivity contribution in [2.75, 3.05) is 40.2 Å². The van der Waals surface area contributed by atoms with Gasteiger partial charge in [0, 0.05) is 37.4 Å². The Labute approximate surface area is 298 Å². The molecule has 3 aromatic rings. The number of amides is 3. The number of carbonyl (C=O) groups is 3. The number of rotatable bonds is 5. The summed E-state index contributed by atoms with van der Waals surface area (Å²) in [7, 11) is -0.338. The molecular formula is C38H45N3O9S. The van der Waals surface area contributed by atoms with E-state index in [0.717, 1.165) is 36.0 Å². The second kappa shape index (κ2) is 15.2. The lowest BCUT2D eigenvalue weighted by Gasteiger charge is -2.39. The van der Waals surface area contributed by atoms with Gasteiger partial charge < -0.3 is 34.5 Å². The van der Waals surface area contributed by atoms with Crippen molar-refractivity contribution in [2.45, 2.75) is 73.9 Å². The lowest BCUT2D eigenvalue weighted by Crippen LogP contribution is -2.49. The summed E-state index contributed by atoms with van der Waals surface area (Å²) in [5, 5.41) is 6.01. The molecule has 1 saturated heterocycles. The molecule has 5 heterocycles. The molecule has 3 aromatic carbocycles. The SMILES string of the molecule is COc1cc2ccc1CNC(=O)CCc1ccc(c(OC)c1)OCC(=O)N[C@@H]1CN(C(=O)C3(c4ccc(S(C)(=O)=O)cc4)CCCCC3)C[C@H]1O2. The molecule has 4 bridgehead atoms. The monoisotopic (exact) mass is 719 g/mol. The van der Waals surface area contributed by atoms with Gasteiger partial charge in [0.05, 0.1) is 37.1 Å². The predicted molar refractivity (Wildman–Crippen MR) is 189 cm³/mol. The average molecular weight is 720 g/mol. The molecule has 0 radical (unpaired) electrons. The Hall–Kier alpha value is -4.78. The summed E-state index contributed by atoms with van der Waals surface area (Å²) in [6, 6.07) is 16.8. The van der Waals surface area contributed by atoms with Crippen LogP contribution in [-0.4, -0.2) is 83.4 Å². The van der Waals surface area contributed by atoms with Gasteiger partial charge in [-0.1, -0.05) is 37.5 Å². The number of carbonyl (C=O) groups excluding carboxylic acids is 3. The number of hydrogen-bond acceptors (Lipinski definition) is 9. The second-order valence-corrected chi connectivity index (χ2v) is 15.5. The number of hydrogen-bond donors (Lipinski definition) is 2. The summed E-state index contributed by atoms with van der Waals surface area (Å²) in [5.41, 5.74) is 1.61. The van der Waals surface area contributed by atoms with Crippen molar-refractivity contribution in [3.8, 4) is 23.0 Å². The van der Waals surface area contributed by atoms with Crippen LogP contribution in [0.3, 0.4) is 0 Å². The fourth-order valence-corrected chi connectivity index (χ4v) is 7.97. The molecule has 272 valence electrons. The minimum absolute atomic E-state index is 0.0741. The zero-order valence-electron chi connectivity index (χ0n) is 29.2. The topological polar surface area (TPSA) is 150 Å². The standard InChI is InChI=1S/C38H45N3O9S/c1-47-32-20-28-12-9-26(32)21-39-35(42)16-8-25-7-15-31(33(19-25)48-2)49-24-36(43)40-30-22-41(23-34(30)50-28)37(44)38(17-5-4-6-18-38)27-10-13-29(14-11-27)51(3,45)46/h7,9-15,19-20,30,34H,4-6,8,16-18,21-24H2,1-3H3,(H,39,42)(H,40,43)/t30-,34-/m1/s1. The molecule has 0 spiro atoms. The summed E-state index contributed by atoms with van der Waals surface area (Å²) in [6.07, 6.45) is 5.30. The van der Waals surface area contributed by atoms with Crippen LogP contribution in [0, 0.1) is 0 Å². The van der Waals surface area contributed by atoms with E-state index >= 15 is 0 Å². The zero-order chi connectivity index (χ0) is 36.2. The van der Waals surface area contributed by atoms with Crippen molar-refractivity contribution in [1.82, 2.24) is 15.5 Å². The van der Waals surface area contributed by atoms with Crippen LogP contribution in [0.25, 0.3) is 0 Å². The molecule has 2 N–H and O–H groups in total. The third-order valence-electron chi connectivity index (χ3n) is 10.1. The Morgan fingerprint density at radius 3 is 2.33 bits per heavy atom. The van der Waals surface area contributed by atoms with E-state index in [1.807, 2.05) is 12.1 Å². The molecule has 5 aliphatic heterocycles. The Kier molecular flexibility index (Phi) is 10.8. The normalized spacial score (nSPS) is 21.0. The van der Waals surface area contributed by atoms with Crippen molar-refractivity contribution in [2.24, 2.45) is 0 Å².